The van der Waals surface area contributed by atoms with Crippen LogP contribution in [0.5, 0.6) is 0 Å². The minimum Gasteiger partial charge on any atom is -0.337 e. The van der Waals surface area contributed by atoms with Crippen LogP contribution in [0.2, 0.25) is 0 Å². The first kappa shape index (κ1) is 11.1. The molecule has 0 aliphatic rings. The maximum atomic E-state index is 4.24. The lowest BCUT2D eigenvalue weighted by Crippen LogP contribution is -2.00. The predicted molar refractivity (Wildman–Crippen MR) is 65.6 cm³/mol. The molecule has 0 amide bonds. The van der Waals surface area contributed by atoms with Crippen LogP contribution in [0.3, 0.4) is 0 Å². The molecule has 0 saturated heterocycles. The number of anilines is 2. The molecule has 84 valence electrons. The SMILES string of the molecule is CC(C)n1cc(Nc2ncncc2Br)cn1. The van der Waals surface area contributed by atoms with Crippen molar-refractivity contribution in [3.05, 3.63) is 29.4 Å². The van der Waals surface area contributed by atoms with Gasteiger partial charge in [0.25, 0.3) is 0 Å². The molecule has 0 radical (unpaired) electrons. The zero-order chi connectivity index (χ0) is 11.5. The molecule has 0 aromatic carbocycles. The second-order valence-electron chi connectivity index (χ2n) is 3.65. The summed E-state index contributed by atoms with van der Waals surface area (Å²) >= 11 is 3.37. The van der Waals surface area contributed by atoms with Gasteiger partial charge in [-0.1, -0.05) is 0 Å². The van der Waals surface area contributed by atoms with E-state index >= 15 is 0 Å². The highest BCUT2D eigenvalue weighted by atomic mass is 79.9. The van der Waals surface area contributed by atoms with Gasteiger partial charge < -0.3 is 5.32 Å². The Labute approximate surface area is 102 Å². The average molecular weight is 282 g/mol. The smallest absolute Gasteiger partial charge is 0.148 e. The van der Waals surface area contributed by atoms with E-state index in [1.165, 1.54) is 6.33 Å². The van der Waals surface area contributed by atoms with Crippen LogP contribution in [0.15, 0.2) is 29.4 Å². The normalized spacial score (nSPS) is 10.8. The Balaban J connectivity index is 2.18. The van der Waals surface area contributed by atoms with Crippen LogP contribution in [0, 0.1) is 0 Å². The molecule has 2 aromatic heterocycles. The summed E-state index contributed by atoms with van der Waals surface area (Å²) in [6.45, 7) is 4.16. The van der Waals surface area contributed by atoms with Gasteiger partial charge in [-0.2, -0.15) is 5.10 Å². The predicted octanol–water partition coefficient (Wildman–Crippen LogP) is 2.76. The summed E-state index contributed by atoms with van der Waals surface area (Å²) in [7, 11) is 0. The Bertz CT molecular complexity index is 480. The second-order valence-corrected chi connectivity index (χ2v) is 4.50. The van der Waals surface area contributed by atoms with Gasteiger partial charge >= 0.3 is 0 Å². The van der Waals surface area contributed by atoms with Gasteiger partial charge in [-0.05, 0) is 29.8 Å². The minimum atomic E-state index is 0.351. The van der Waals surface area contributed by atoms with Crippen LogP contribution < -0.4 is 5.32 Å². The molecule has 5 nitrogen and oxygen atoms in total. The Hall–Kier alpha value is -1.43. The van der Waals surface area contributed by atoms with E-state index < -0.39 is 0 Å². The van der Waals surface area contributed by atoms with E-state index in [2.05, 4.69) is 50.2 Å². The summed E-state index contributed by atoms with van der Waals surface area (Å²) in [4.78, 5) is 8.02. The summed E-state index contributed by atoms with van der Waals surface area (Å²) in [5.41, 5.74) is 0.910. The molecule has 0 fully saturated rings. The van der Waals surface area contributed by atoms with E-state index in [0.29, 0.717) is 6.04 Å². The molecule has 0 atom stereocenters. The molecule has 1 N–H and O–H groups in total. The largest absolute Gasteiger partial charge is 0.337 e. The Morgan fingerprint density at radius 3 is 2.81 bits per heavy atom. The van der Waals surface area contributed by atoms with Gasteiger partial charge in [-0.3, -0.25) is 4.68 Å². The third-order valence-electron chi connectivity index (χ3n) is 2.06. The van der Waals surface area contributed by atoms with Gasteiger partial charge in [0, 0.05) is 18.4 Å². The molecular weight excluding hydrogens is 270 g/mol. The standard InChI is InChI=1S/C10H12BrN5/c1-7(2)16-5-8(3-14-16)15-10-9(11)4-12-6-13-10/h3-7H,1-2H3,(H,12,13,15). The van der Waals surface area contributed by atoms with E-state index in [9.17, 15) is 0 Å². The number of halogens is 1. The molecule has 2 heterocycles. The number of aromatic nitrogens is 4. The lowest BCUT2D eigenvalue weighted by Gasteiger charge is -2.05. The van der Waals surface area contributed by atoms with Gasteiger partial charge in [0.15, 0.2) is 0 Å². The molecule has 6 heteroatoms. The highest BCUT2D eigenvalue weighted by molar-refractivity contribution is 9.10. The van der Waals surface area contributed by atoms with Gasteiger partial charge in [0.05, 0.1) is 16.4 Å². The van der Waals surface area contributed by atoms with Crippen molar-refractivity contribution in [1.82, 2.24) is 19.7 Å². The van der Waals surface area contributed by atoms with Crippen molar-refractivity contribution in [3.8, 4) is 0 Å². The van der Waals surface area contributed by atoms with E-state index in [4.69, 9.17) is 0 Å². The van der Waals surface area contributed by atoms with E-state index in [1.54, 1.807) is 12.4 Å². The number of nitrogens with one attached hydrogen (secondary N) is 1. The summed E-state index contributed by atoms with van der Waals surface area (Å²) in [6.07, 6.45) is 6.91. The van der Waals surface area contributed by atoms with Crippen molar-refractivity contribution < 1.29 is 0 Å². The maximum Gasteiger partial charge on any atom is 0.148 e. The summed E-state index contributed by atoms with van der Waals surface area (Å²) in [5.74, 6) is 0.735. The van der Waals surface area contributed by atoms with Crippen LogP contribution in [-0.4, -0.2) is 19.7 Å². The monoisotopic (exact) mass is 281 g/mol. The molecule has 2 rings (SSSR count). The van der Waals surface area contributed by atoms with Crippen molar-refractivity contribution in [2.24, 2.45) is 0 Å². The average Bonchev–Trinajstić information content (AvgIpc) is 2.70. The molecule has 0 aliphatic heterocycles. The van der Waals surface area contributed by atoms with Crippen molar-refractivity contribution in [2.75, 3.05) is 5.32 Å². The fourth-order valence-corrected chi connectivity index (χ4v) is 1.55. The number of hydrogen-bond acceptors (Lipinski definition) is 4. The van der Waals surface area contributed by atoms with E-state index in [-0.39, 0.29) is 0 Å². The number of hydrogen-bond donors (Lipinski definition) is 1. The van der Waals surface area contributed by atoms with Gasteiger partial charge in [-0.25, -0.2) is 9.97 Å². The first-order valence-electron chi connectivity index (χ1n) is 4.93. The van der Waals surface area contributed by atoms with Gasteiger partial charge in [0.2, 0.25) is 0 Å². The third kappa shape index (κ3) is 2.38. The van der Waals surface area contributed by atoms with Gasteiger partial charge in [0.1, 0.15) is 12.1 Å². The van der Waals surface area contributed by atoms with Crippen molar-refractivity contribution in [2.45, 2.75) is 19.9 Å². The summed E-state index contributed by atoms with van der Waals surface area (Å²) < 4.78 is 2.71. The Morgan fingerprint density at radius 1 is 1.38 bits per heavy atom. The highest BCUT2D eigenvalue weighted by Crippen LogP contribution is 2.22. The summed E-state index contributed by atoms with van der Waals surface area (Å²) in [6, 6.07) is 0.351. The molecule has 0 unspecified atom stereocenters. The molecule has 0 aliphatic carbocycles. The fraction of sp³-hybridized carbons (Fsp3) is 0.300. The fourth-order valence-electron chi connectivity index (χ4n) is 1.23. The lowest BCUT2D eigenvalue weighted by molar-refractivity contribution is 0.532. The van der Waals surface area contributed by atoms with Crippen LogP contribution in [0.25, 0.3) is 0 Å². The topological polar surface area (TPSA) is 55.6 Å². The number of rotatable bonds is 3. The van der Waals surface area contributed by atoms with Crippen LogP contribution in [0.1, 0.15) is 19.9 Å². The number of nitrogens with zero attached hydrogens (tertiary/aromatic N) is 4. The zero-order valence-electron chi connectivity index (χ0n) is 9.05. The van der Waals surface area contributed by atoms with E-state index in [1.807, 2.05) is 10.9 Å². The van der Waals surface area contributed by atoms with Crippen molar-refractivity contribution in [1.29, 1.82) is 0 Å². The summed E-state index contributed by atoms with van der Waals surface area (Å²) in [5, 5.41) is 7.40. The first-order chi connectivity index (χ1) is 7.66. The molecule has 2 aromatic rings. The molecular formula is C10H12BrN5. The molecule has 0 bridgehead atoms. The lowest BCUT2D eigenvalue weighted by atomic mass is 10.4. The van der Waals surface area contributed by atoms with Crippen LogP contribution in [-0.2, 0) is 0 Å². The molecule has 16 heavy (non-hydrogen) atoms. The third-order valence-corrected chi connectivity index (χ3v) is 2.64. The van der Waals surface area contributed by atoms with E-state index in [0.717, 1.165) is 16.0 Å². The van der Waals surface area contributed by atoms with Crippen LogP contribution in [0.4, 0.5) is 11.5 Å². The Kier molecular flexibility index (Phi) is 3.19. The maximum absolute atomic E-state index is 4.24. The minimum absolute atomic E-state index is 0.351. The van der Waals surface area contributed by atoms with Crippen molar-refractivity contribution in [3.63, 3.8) is 0 Å². The highest BCUT2D eigenvalue weighted by Gasteiger charge is 2.04. The van der Waals surface area contributed by atoms with Crippen LogP contribution >= 0.6 is 15.9 Å². The first-order valence-corrected chi connectivity index (χ1v) is 5.73. The molecule has 0 spiro atoms. The Morgan fingerprint density at radius 2 is 2.19 bits per heavy atom. The molecule has 0 saturated carbocycles. The van der Waals surface area contributed by atoms with Gasteiger partial charge in [-0.15, -0.1) is 0 Å². The quantitative estimate of drug-likeness (QED) is 0.940. The second kappa shape index (κ2) is 4.61. The zero-order valence-corrected chi connectivity index (χ0v) is 10.6. The van der Waals surface area contributed by atoms with Crippen molar-refractivity contribution >= 4 is 27.4 Å².